The lowest BCUT2D eigenvalue weighted by Crippen LogP contribution is -2.02. The van der Waals surface area contributed by atoms with Crippen molar-refractivity contribution in [2.45, 2.75) is 12.8 Å². The number of hydrogen-bond donors (Lipinski definition) is 0. The summed E-state index contributed by atoms with van der Waals surface area (Å²) >= 11 is 17.4. The van der Waals surface area contributed by atoms with Crippen LogP contribution in [-0.4, -0.2) is 12.0 Å². The van der Waals surface area contributed by atoms with Crippen LogP contribution in [0.3, 0.4) is 0 Å². The van der Waals surface area contributed by atoms with E-state index in [2.05, 4.69) is 0 Å². The summed E-state index contributed by atoms with van der Waals surface area (Å²) in [5.41, 5.74) is 0. The first-order chi connectivity index (χ1) is 6.67. The van der Waals surface area contributed by atoms with E-state index in [1.807, 2.05) is 30.3 Å². The molecule has 0 saturated heterocycles. The molecule has 14 heavy (non-hydrogen) atoms. The van der Waals surface area contributed by atoms with Gasteiger partial charge in [-0.1, -0.05) is 53.4 Å². The van der Waals surface area contributed by atoms with Gasteiger partial charge in [0.1, 0.15) is 0 Å². The third kappa shape index (κ3) is 3.90. The van der Waals surface area contributed by atoms with Gasteiger partial charge in [0, 0.05) is 5.88 Å². The second kappa shape index (κ2) is 6.12. The van der Waals surface area contributed by atoms with Crippen LogP contribution in [0.15, 0.2) is 30.3 Å². The van der Waals surface area contributed by atoms with Gasteiger partial charge in [0.2, 0.25) is 0 Å². The Hall–Kier alpha value is 0.450. The molecule has 0 spiro atoms. The van der Waals surface area contributed by atoms with Crippen molar-refractivity contribution in [1.82, 2.24) is 0 Å². The lowest BCUT2D eigenvalue weighted by atomic mass is 10.4. The van der Waals surface area contributed by atoms with E-state index in [9.17, 15) is 0 Å². The van der Waals surface area contributed by atoms with Crippen LogP contribution in [0.25, 0.3) is 0 Å². The second-order valence-corrected chi connectivity index (χ2v) is 9.95. The van der Waals surface area contributed by atoms with Crippen LogP contribution >= 0.6 is 28.2 Å². The quantitative estimate of drug-likeness (QED) is 0.442. The van der Waals surface area contributed by atoms with Gasteiger partial charge < -0.3 is 0 Å². The van der Waals surface area contributed by atoms with Crippen molar-refractivity contribution in [3.8, 4) is 0 Å². The summed E-state index contributed by atoms with van der Waals surface area (Å²) in [6.07, 6.45) is 2.93. The van der Waals surface area contributed by atoms with Gasteiger partial charge in [-0.2, -0.15) is 0 Å². The van der Waals surface area contributed by atoms with Gasteiger partial charge in [-0.3, -0.25) is 0 Å². The van der Waals surface area contributed by atoms with E-state index in [0.29, 0.717) is 5.88 Å². The van der Waals surface area contributed by atoms with Gasteiger partial charge in [0.05, 0.1) is 5.39 Å². The third-order valence-corrected chi connectivity index (χ3v) is 6.47. The first kappa shape index (κ1) is 12.5. The molecule has 0 aliphatic rings. The average Bonchev–Trinajstić information content (AvgIpc) is 2.19. The first-order valence-electron chi connectivity index (χ1n) is 4.57. The van der Waals surface area contributed by atoms with Crippen molar-refractivity contribution >= 4 is 45.3 Å². The number of halogens is 2. The fourth-order valence-electron chi connectivity index (χ4n) is 1.19. The molecule has 78 valence electrons. The van der Waals surface area contributed by atoms with Gasteiger partial charge in [-0.25, -0.2) is 0 Å². The largest absolute Gasteiger partial charge is 0.127 e. The van der Waals surface area contributed by atoms with Crippen molar-refractivity contribution in [3.63, 3.8) is 0 Å². The van der Waals surface area contributed by atoms with Crippen LogP contribution in [0.1, 0.15) is 12.8 Å². The third-order valence-electron chi connectivity index (χ3n) is 1.97. The molecule has 0 amide bonds. The molecule has 1 atom stereocenters. The monoisotopic (exact) mass is 266 g/mol. The van der Waals surface area contributed by atoms with Crippen LogP contribution in [0, 0.1) is 0 Å². The fraction of sp³-hybridized carbons (Fsp3) is 0.400. The first-order valence-corrected chi connectivity index (χ1v) is 9.00. The van der Waals surface area contributed by atoms with E-state index in [4.69, 9.17) is 34.6 Å². The molecule has 1 rings (SSSR count). The maximum absolute atomic E-state index is 6.38. The summed E-state index contributed by atoms with van der Waals surface area (Å²) in [5.74, 6) is 0.695. The zero-order chi connectivity index (χ0) is 10.4. The molecule has 1 aromatic carbocycles. The molecule has 0 aliphatic heterocycles. The Morgan fingerprint density at radius 2 is 1.79 bits per heavy atom. The highest BCUT2D eigenvalue weighted by Crippen LogP contribution is 2.50. The van der Waals surface area contributed by atoms with Crippen LogP contribution in [0.4, 0.5) is 0 Å². The number of benzene rings is 1. The Morgan fingerprint density at radius 1 is 1.14 bits per heavy atom. The lowest BCUT2D eigenvalue weighted by Gasteiger charge is -2.13. The summed E-state index contributed by atoms with van der Waals surface area (Å²) in [4.78, 5) is 0. The molecular formula is C10H13Cl2PS. The van der Waals surface area contributed by atoms with Gasteiger partial charge in [-0.15, -0.1) is 11.6 Å². The van der Waals surface area contributed by atoms with Crippen molar-refractivity contribution in [2.75, 3.05) is 12.0 Å². The van der Waals surface area contributed by atoms with Crippen LogP contribution < -0.4 is 5.30 Å². The maximum atomic E-state index is 6.38. The zero-order valence-electron chi connectivity index (χ0n) is 7.83. The van der Waals surface area contributed by atoms with Crippen LogP contribution in [0.2, 0.25) is 0 Å². The smallest absolute Gasteiger partial charge is 0.0658 e. The van der Waals surface area contributed by atoms with Crippen molar-refractivity contribution in [2.24, 2.45) is 0 Å². The minimum Gasteiger partial charge on any atom is -0.127 e. The van der Waals surface area contributed by atoms with E-state index >= 15 is 0 Å². The summed E-state index contributed by atoms with van der Waals surface area (Å²) in [6.45, 7) is 0. The molecule has 0 fully saturated rings. The average molecular weight is 267 g/mol. The number of unbranched alkanes of at least 4 members (excludes halogenated alkanes) is 1. The number of rotatable bonds is 5. The van der Waals surface area contributed by atoms with Gasteiger partial charge in [0.15, 0.2) is 0 Å². The fourth-order valence-corrected chi connectivity index (χ4v) is 4.33. The molecule has 0 N–H and O–H groups in total. The minimum atomic E-state index is -1.83. The van der Waals surface area contributed by atoms with Gasteiger partial charge >= 0.3 is 0 Å². The summed E-state index contributed by atoms with van der Waals surface area (Å²) < 4.78 is 0. The molecule has 0 saturated carbocycles. The second-order valence-electron chi connectivity index (χ2n) is 3.11. The van der Waals surface area contributed by atoms with E-state index < -0.39 is 5.39 Å². The van der Waals surface area contributed by atoms with Gasteiger partial charge in [0.25, 0.3) is 0 Å². The molecule has 0 radical (unpaired) electrons. The Labute approximate surface area is 100 Å². The maximum Gasteiger partial charge on any atom is 0.0658 e. The molecule has 0 heterocycles. The number of hydrogen-bond acceptors (Lipinski definition) is 1. The number of alkyl halides is 1. The standard InChI is InChI=1S/C10H13Cl2PS/c11-8-4-5-9-13(12,14)10-6-2-1-3-7-10/h1-3,6-7H,4-5,8-9H2. The summed E-state index contributed by atoms with van der Waals surface area (Å²) in [7, 11) is 0. The van der Waals surface area contributed by atoms with E-state index in [1.165, 1.54) is 0 Å². The SMILES string of the molecule is S=P(Cl)(CCCCCl)c1ccccc1. The van der Waals surface area contributed by atoms with Crippen molar-refractivity contribution < 1.29 is 0 Å². The highest BCUT2D eigenvalue weighted by atomic mass is 35.7. The van der Waals surface area contributed by atoms with Crippen LogP contribution in [0.5, 0.6) is 0 Å². The topological polar surface area (TPSA) is 0 Å². The molecule has 0 bridgehead atoms. The predicted octanol–water partition coefficient (Wildman–Crippen LogP) is 3.96. The molecule has 4 heteroatoms. The van der Waals surface area contributed by atoms with Gasteiger partial charge in [-0.05, 0) is 24.3 Å². The Morgan fingerprint density at radius 3 is 2.36 bits per heavy atom. The van der Waals surface area contributed by atoms with Crippen molar-refractivity contribution in [3.05, 3.63) is 30.3 Å². The minimum absolute atomic E-state index is 0.695. The highest BCUT2D eigenvalue weighted by Gasteiger charge is 2.14. The molecular weight excluding hydrogens is 254 g/mol. The lowest BCUT2D eigenvalue weighted by molar-refractivity contribution is 0.901. The van der Waals surface area contributed by atoms with E-state index in [-0.39, 0.29) is 0 Å². The Balaban J connectivity index is 2.62. The van der Waals surface area contributed by atoms with Crippen LogP contribution in [-0.2, 0) is 11.8 Å². The summed E-state index contributed by atoms with van der Waals surface area (Å²) in [6, 6.07) is 10.00. The molecule has 1 aromatic rings. The molecule has 0 nitrogen and oxygen atoms in total. The van der Waals surface area contributed by atoms with E-state index in [1.54, 1.807) is 0 Å². The predicted molar refractivity (Wildman–Crippen MR) is 71.0 cm³/mol. The van der Waals surface area contributed by atoms with Crippen molar-refractivity contribution in [1.29, 1.82) is 0 Å². The molecule has 0 aliphatic carbocycles. The van der Waals surface area contributed by atoms with E-state index in [0.717, 1.165) is 24.3 Å². The molecule has 0 aromatic heterocycles. The summed E-state index contributed by atoms with van der Waals surface area (Å²) in [5, 5.41) is -0.711. The zero-order valence-corrected chi connectivity index (χ0v) is 11.0. The Bertz CT molecular complexity index is 313. The molecule has 1 unspecified atom stereocenters. The highest BCUT2D eigenvalue weighted by molar-refractivity contribution is 8.30. The normalized spacial score (nSPS) is 15.0. The Kier molecular flexibility index (Phi) is 5.48.